The molecular formula is C13H20ClN5S. The minimum Gasteiger partial charge on any atom is -0.341 e. The first-order chi connectivity index (χ1) is 9.65. The van der Waals surface area contributed by atoms with Crippen LogP contribution in [0.1, 0.15) is 26.7 Å². The molecule has 0 amide bonds. The Labute approximate surface area is 129 Å². The lowest BCUT2D eigenvalue weighted by Gasteiger charge is -2.37. The van der Waals surface area contributed by atoms with Crippen molar-refractivity contribution in [3.63, 3.8) is 0 Å². The third kappa shape index (κ3) is 2.81. The van der Waals surface area contributed by atoms with Crippen LogP contribution in [0.25, 0.3) is 0 Å². The van der Waals surface area contributed by atoms with Gasteiger partial charge in [-0.3, -0.25) is 0 Å². The number of halogens is 1. The molecule has 0 saturated carbocycles. The van der Waals surface area contributed by atoms with Gasteiger partial charge in [-0.25, -0.2) is 0 Å². The molecule has 1 aromatic rings. The largest absolute Gasteiger partial charge is 0.341 e. The summed E-state index contributed by atoms with van der Waals surface area (Å²) in [5.41, 5.74) is 0. The predicted molar refractivity (Wildman–Crippen MR) is 85.0 cm³/mol. The molecule has 0 radical (unpaired) electrons. The number of hydrogen-bond acceptors (Lipinski definition) is 6. The molecule has 5 nitrogen and oxygen atoms in total. The van der Waals surface area contributed by atoms with Crippen LogP contribution in [-0.4, -0.2) is 51.6 Å². The Kier molecular flexibility index (Phi) is 4.21. The first-order valence-electron chi connectivity index (χ1n) is 7.20. The van der Waals surface area contributed by atoms with E-state index in [0.29, 0.717) is 16.6 Å². The molecule has 2 unspecified atom stereocenters. The van der Waals surface area contributed by atoms with Crippen molar-refractivity contribution in [1.29, 1.82) is 0 Å². The molecule has 7 heteroatoms. The van der Waals surface area contributed by atoms with Gasteiger partial charge in [0, 0.05) is 36.7 Å². The van der Waals surface area contributed by atoms with E-state index in [1.54, 1.807) is 0 Å². The zero-order chi connectivity index (χ0) is 14.1. The van der Waals surface area contributed by atoms with Gasteiger partial charge in [-0.1, -0.05) is 6.92 Å². The number of rotatable bonds is 2. The van der Waals surface area contributed by atoms with Crippen molar-refractivity contribution in [2.45, 2.75) is 38.0 Å². The second-order valence-corrected chi connectivity index (χ2v) is 7.23. The summed E-state index contributed by atoms with van der Waals surface area (Å²) in [4.78, 5) is 17.8. The molecule has 0 spiro atoms. The van der Waals surface area contributed by atoms with Crippen LogP contribution in [0.4, 0.5) is 11.9 Å². The van der Waals surface area contributed by atoms with Crippen LogP contribution < -0.4 is 9.80 Å². The van der Waals surface area contributed by atoms with Crippen molar-refractivity contribution in [2.75, 3.05) is 35.2 Å². The number of aromatic nitrogens is 3. The summed E-state index contributed by atoms with van der Waals surface area (Å²) < 4.78 is 0. The molecule has 2 saturated heterocycles. The van der Waals surface area contributed by atoms with Crippen molar-refractivity contribution in [3.8, 4) is 0 Å². The maximum Gasteiger partial charge on any atom is 0.231 e. The van der Waals surface area contributed by atoms with Gasteiger partial charge in [0.25, 0.3) is 0 Å². The van der Waals surface area contributed by atoms with Gasteiger partial charge >= 0.3 is 0 Å². The van der Waals surface area contributed by atoms with Gasteiger partial charge in [-0.15, -0.1) is 0 Å². The molecule has 3 rings (SSSR count). The third-order valence-electron chi connectivity index (χ3n) is 4.11. The molecule has 3 heterocycles. The summed E-state index contributed by atoms with van der Waals surface area (Å²) in [7, 11) is 0. The summed E-state index contributed by atoms with van der Waals surface area (Å²) in [5.74, 6) is 2.57. The van der Waals surface area contributed by atoms with Gasteiger partial charge in [-0.05, 0) is 31.4 Å². The minimum atomic E-state index is 0.301. The van der Waals surface area contributed by atoms with Crippen molar-refractivity contribution < 1.29 is 0 Å². The fourth-order valence-corrected chi connectivity index (χ4v) is 3.98. The number of nitrogens with zero attached hydrogens (tertiary/aromatic N) is 5. The van der Waals surface area contributed by atoms with Crippen LogP contribution >= 0.6 is 23.4 Å². The summed E-state index contributed by atoms with van der Waals surface area (Å²) in [5, 5.41) is 0.879. The second-order valence-electron chi connectivity index (χ2n) is 5.41. The zero-order valence-electron chi connectivity index (χ0n) is 11.9. The molecule has 0 aromatic carbocycles. The quantitative estimate of drug-likeness (QED) is 0.836. The summed E-state index contributed by atoms with van der Waals surface area (Å²) in [6, 6.07) is 0.415. The lowest BCUT2D eigenvalue weighted by atomic mass is 10.2. The third-order valence-corrected chi connectivity index (χ3v) is 5.62. The van der Waals surface area contributed by atoms with E-state index in [-0.39, 0.29) is 0 Å². The fraction of sp³-hybridized carbons (Fsp3) is 0.769. The van der Waals surface area contributed by atoms with E-state index in [2.05, 4.69) is 38.6 Å². The average Bonchev–Trinajstić information content (AvgIpc) is 2.95. The van der Waals surface area contributed by atoms with Crippen molar-refractivity contribution in [2.24, 2.45) is 0 Å². The van der Waals surface area contributed by atoms with Crippen LogP contribution in [-0.2, 0) is 0 Å². The van der Waals surface area contributed by atoms with E-state index in [0.717, 1.165) is 37.3 Å². The molecule has 0 bridgehead atoms. The molecule has 2 atom stereocenters. The average molecular weight is 314 g/mol. The molecule has 2 fully saturated rings. The van der Waals surface area contributed by atoms with Gasteiger partial charge in [0.15, 0.2) is 0 Å². The monoisotopic (exact) mass is 313 g/mol. The van der Waals surface area contributed by atoms with Gasteiger partial charge in [0.1, 0.15) is 0 Å². The van der Waals surface area contributed by atoms with Crippen molar-refractivity contribution in [3.05, 3.63) is 5.28 Å². The first-order valence-corrected chi connectivity index (χ1v) is 8.62. The maximum absolute atomic E-state index is 6.11. The standard InChI is InChI=1S/C13H20ClN5S/c1-9-10(2)20-8-7-19(9)13-16-11(14)15-12(17-13)18-5-3-4-6-18/h9-10H,3-8H2,1-2H3. The first kappa shape index (κ1) is 14.2. The number of anilines is 2. The Morgan fingerprint density at radius 3 is 2.50 bits per heavy atom. The van der Waals surface area contributed by atoms with Crippen LogP contribution in [0.3, 0.4) is 0 Å². The molecule has 0 N–H and O–H groups in total. The van der Waals surface area contributed by atoms with Crippen LogP contribution in [0.15, 0.2) is 0 Å². The molecule has 0 aliphatic carbocycles. The normalized spacial score (nSPS) is 27.1. The van der Waals surface area contributed by atoms with Gasteiger partial charge < -0.3 is 9.80 Å². The molecular weight excluding hydrogens is 294 g/mol. The highest BCUT2D eigenvalue weighted by molar-refractivity contribution is 8.00. The highest BCUT2D eigenvalue weighted by Gasteiger charge is 2.28. The van der Waals surface area contributed by atoms with Crippen molar-refractivity contribution >= 4 is 35.3 Å². The number of hydrogen-bond donors (Lipinski definition) is 0. The topological polar surface area (TPSA) is 45.2 Å². The highest BCUT2D eigenvalue weighted by atomic mass is 35.5. The van der Waals surface area contributed by atoms with E-state index in [1.165, 1.54) is 12.8 Å². The van der Waals surface area contributed by atoms with Crippen molar-refractivity contribution in [1.82, 2.24) is 15.0 Å². The Hall–Kier alpha value is -0.750. The SMILES string of the molecule is CC1SCCN(c2nc(Cl)nc(N3CCCC3)n2)C1C. The molecule has 1 aromatic heterocycles. The van der Waals surface area contributed by atoms with Gasteiger partial charge in [0.2, 0.25) is 17.2 Å². The van der Waals surface area contributed by atoms with Gasteiger partial charge in [0.05, 0.1) is 0 Å². The molecule has 2 aliphatic rings. The van der Waals surface area contributed by atoms with E-state index in [4.69, 9.17) is 11.6 Å². The van der Waals surface area contributed by atoms with E-state index >= 15 is 0 Å². The smallest absolute Gasteiger partial charge is 0.231 e. The maximum atomic E-state index is 6.11. The van der Waals surface area contributed by atoms with E-state index in [9.17, 15) is 0 Å². The Balaban J connectivity index is 1.88. The lowest BCUT2D eigenvalue weighted by molar-refractivity contribution is 0.610. The van der Waals surface area contributed by atoms with Crippen LogP contribution in [0.5, 0.6) is 0 Å². The van der Waals surface area contributed by atoms with Crippen LogP contribution in [0.2, 0.25) is 5.28 Å². The zero-order valence-corrected chi connectivity index (χ0v) is 13.5. The Morgan fingerprint density at radius 2 is 1.75 bits per heavy atom. The molecule has 110 valence electrons. The Bertz CT molecular complexity index is 480. The highest BCUT2D eigenvalue weighted by Crippen LogP contribution is 2.28. The van der Waals surface area contributed by atoms with E-state index in [1.807, 2.05) is 11.8 Å². The minimum absolute atomic E-state index is 0.301. The molecule has 20 heavy (non-hydrogen) atoms. The second kappa shape index (κ2) is 5.93. The summed E-state index contributed by atoms with van der Waals surface area (Å²) >= 11 is 8.11. The summed E-state index contributed by atoms with van der Waals surface area (Å²) in [6.45, 7) is 7.48. The molecule has 2 aliphatic heterocycles. The predicted octanol–water partition coefficient (Wildman–Crippen LogP) is 2.46. The lowest BCUT2D eigenvalue weighted by Crippen LogP contribution is -2.45. The van der Waals surface area contributed by atoms with Gasteiger partial charge in [-0.2, -0.15) is 26.7 Å². The number of thioether (sulfide) groups is 1. The summed E-state index contributed by atoms with van der Waals surface area (Å²) in [6.07, 6.45) is 2.40. The van der Waals surface area contributed by atoms with E-state index < -0.39 is 0 Å². The Morgan fingerprint density at radius 1 is 1.05 bits per heavy atom. The van der Waals surface area contributed by atoms with Crippen LogP contribution in [0, 0.1) is 0 Å². The fourth-order valence-electron chi connectivity index (χ4n) is 2.73.